The highest BCUT2D eigenvalue weighted by atomic mass is 16.2. The summed E-state index contributed by atoms with van der Waals surface area (Å²) in [5.74, 6) is -0.0929. The lowest BCUT2D eigenvalue weighted by Crippen LogP contribution is -2.41. The van der Waals surface area contributed by atoms with Crippen LogP contribution in [0.15, 0.2) is 30.9 Å². The zero-order valence-corrected chi connectivity index (χ0v) is 15.7. The number of primary amides is 1. The van der Waals surface area contributed by atoms with Gasteiger partial charge in [0.05, 0.1) is 0 Å². The second-order valence-corrected chi connectivity index (χ2v) is 7.37. The van der Waals surface area contributed by atoms with Gasteiger partial charge < -0.3 is 15.5 Å². The molecule has 0 aliphatic carbocycles. The van der Waals surface area contributed by atoms with Gasteiger partial charge in [-0.05, 0) is 61.8 Å². The number of anilines is 1. The number of rotatable bonds is 5. The molecule has 6 nitrogen and oxygen atoms in total. The maximum Gasteiger partial charge on any atom is 0.254 e. The van der Waals surface area contributed by atoms with Crippen LogP contribution >= 0.6 is 0 Å². The van der Waals surface area contributed by atoms with Crippen LogP contribution in [0.1, 0.15) is 48.0 Å². The summed E-state index contributed by atoms with van der Waals surface area (Å²) in [6, 6.07) is 5.60. The minimum absolute atomic E-state index is 0.0172. The number of fused-ring (bicyclic) bond motifs is 1. The van der Waals surface area contributed by atoms with Gasteiger partial charge in [-0.15, -0.1) is 0 Å². The van der Waals surface area contributed by atoms with Gasteiger partial charge in [0, 0.05) is 37.3 Å². The van der Waals surface area contributed by atoms with Crippen LogP contribution in [0.3, 0.4) is 0 Å². The Morgan fingerprint density at radius 2 is 2.04 bits per heavy atom. The van der Waals surface area contributed by atoms with Crippen molar-refractivity contribution in [1.82, 2.24) is 4.90 Å². The van der Waals surface area contributed by atoms with E-state index in [1.165, 1.54) is 6.08 Å². The van der Waals surface area contributed by atoms with E-state index < -0.39 is 0 Å². The fourth-order valence-electron chi connectivity index (χ4n) is 4.17. The third-order valence-electron chi connectivity index (χ3n) is 5.53. The average molecular weight is 369 g/mol. The van der Waals surface area contributed by atoms with Crippen LogP contribution < -0.4 is 10.6 Å². The van der Waals surface area contributed by atoms with Gasteiger partial charge in [-0.25, -0.2) is 0 Å². The first kappa shape index (κ1) is 19.1. The van der Waals surface area contributed by atoms with Crippen molar-refractivity contribution in [3.63, 3.8) is 0 Å². The van der Waals surface area contributed by atoms with E-state index in [0.29, 0.717) is 31.0 Å². The largest absolute Gasteiger partial charge is 0.370 e. The van der Waals surface area contributed by atoms with E-state index in [1.807, 2.05) is 23.1 Å². The van der Waals surface area contributed by atoms with Gasteiger partial charge in [-0.3, -0.25) is 14.4 Å². The predicted octanol–water partition coefficient (Wildman–Crippen LogP) is 2.27. The number of carbonyl (C=O) groups excluding carboxylic acids is 3. The molecule has 144 valence electrons. The molecular formula is C21H27N3O3. The summed E-state index contributed by atoms with van der Waals surface area (Å²) < 4.78 is 0. The molecule has 1 fully saturated rings. The van der Waals surface area contributed by atoms with Crippen LogP contribution in [-0.2, 0) is 16.0 Å². The van der Waals surface area contributed by atoms with E-state index in [0.717, 1.165) is 49.9 Å². The van der Waals surface area contributed by atoms with E-state index in [2.05, 4.69) is 6.58 Å². The molecule has 1 saturated heterocycles. The third kappa shape index (κ3) is 4.21. The first-order valence-electron chi connectivity index (χ1n) is 9.64. The molecule has 2 heterocycles. The summed E-state index contributed by atoms with van der Waals surface area (Å²) in [7, 11) is 0. The highest BCUT2D eigenvalue weighted by Gasteiger charge is 2.29. The molecule has 1 unspecified atom stereocenters. The highest BCUT2D eigenvalue weighted by molar-refractivity contribution is 6.04. The summed E-state index contributed by atoms with van der Waals surface area (Å²) in [6.07, 6.45) is 5.99. The first-order chi connectivity index (χ1) is 13.0. The molecule has 2 N–H and O–H groups in total. The Hall–Kier alpha value is -2.63. The molecule has 0 saturated carbocycles. The van der Waals surface area contributed by atoms with Crippen molar-refractivity contribution in [2.75, 3.05) is 24.5 Å². The van der Waals surface area contributed by atoms with Gasteiger partial charge in [0.15, 0.2) is 0 Å². The van der Waals surface area contributed by atoms with Gasteiger partial charge in [0.1, 0.15) is 0 Å². The van der Waals surface area contributed by atoms with Gasteiger partial charge >= 0.3 is 0 Å². The van der Waals surface area contributed by atoms with Crippen LogP contribution in [0.5, 0.6) is 0 Å². The summed E-state index contributed by atoms with van der Waals surface area (Å²) in [5, 5.41) is 0. The molecule has 1 atom stereocenters. The second kappa shape index (κ2) is 8.37. The fourth-order valence-corrected chi connectivity index (χ4v) is 4.17. The summed E-state index contributed by atoms with van der Waals surface area (Å²) in [6.45, 7) is 5.61. The van der Waals surface area contributed by atoms with E-state index in [9.17, 15) is 14.4 Å². The normalized spacial score (nSPS) is 19.3. The fraction of sp³-hybridized carbons (Fsp3) is 0.476. The number of carbonyl (C=O) groups is 3. The Labute approximate surface area is 160 Å². The molecule has 0 bridgehead atoms. The van der Waals surface area contributed by atoms with Gasteiger partial charge in [0.25, 0.3) is 5.91 Å². The molecule has 27 heavy (non-hydrogen) atoms. The average Bonchev–Trinajstić information content (AvgIpc) is 2.70. The van der Waals surface area contributed by atoms with E-state index >= 15 is 0 Å². The van der Waals surface area contributed by atoms with Crippen molar-refractivity contribution in [1.29, 1.82) is 0 Å². The lowest BCUT2D eigenvalue weighted by atomic mass is 9.91. The zero-order valence-electron chi connectivity index (χ0n) is 15.7. The lowest BCUT2D eigenvalue weighted by Gasteiger charge is -2.35. The van der Waals surface area contributed by atoms with Gasteiger partial charge in [-0.2, -0.15) is 0 Å². The molecule has 3 amide bonds. The molecule has 0 spiro atoms. The topological polar surface area (TPSA) is 83.7 Å². The first-order valence-corrected chi connectivity index (χ1v) is 9.64. The van der Waals surface area contributed by atoms with E-state index in [-0.39, 0.29) is 17.7 Å². The number of nitrogens with zero attached hydrogens (tertiary/aromatic N) is 2. The molecule has 6 heteroatoms. The van der Waals surface area contributed by atoms with Crippen molar-refractivity contribution < 1.29 is 14.4 Å². The standard InChI is InChI=1S/C21H27N3O3/c1-2-20(26)24-13-5-8-16-17(7-3-9-18(16)24)21(27)23-12-4-6-15(14-23)10-11-19(22)25/h2-3,7,9,15H,1,4-6,8,10-14H2,(H2,22,25). The number of hydrogen-bond acceptors (Lipinski definition) is 3. The summed E-state index contributed by atoms with van der Waals surface area (Å²) in [4.78, 5) is 40.0. The third-order valence-corrected chi connectivity index (χ3v) is 5.53. The quantitative estimate of drug-likeness (QED) is 0.808. The van der Waals surface area contributed by atoms with Crippen LogP contribution in [0.4, 0.5) is 5.69 Å². The minimum Gasteiger partial charge on any atom is -0.370 e. The molecule has 0 radical (unpaired) electrons. The van der Waals surface area contributed by atoms with Crippen LogP contribution in [0.2, 0.25) is 0 Å². The Morgan fingerprint density at radius 1 is 1.22 bits per heavy atom. The number of benzene rings is 1. The van der Waals surface area contributed by atoms with Gasteiger partial charge in [-0.1, -0.05) is 12.6 Å². The Kier molecular flexibility index (Phi) is 5.94. The second-order valence-electron chi connectivity index (χ2n) is 7.37. The van der Waals surface area contributed by atoms with Crippen LogP contribution in [0, 0.1) is 5.92 Å². The number of amides is 3. The van der Waals surface area contributed by atoms with Crippen molar-refractivity contribution in [2.45, 2.75) is 38.5 Å². The van der Waals surface area contributed by atoms with Crippen molar-refractivity contribution in [2.24, 2.45) is 11.7 Å². The monoisotopic (exact) mass is 369 g/mol. The van der Waals surface area contributed by atoms with Crippen LogP contribution in [0.25, 0.3) is 0 Å². The molecule has 1 aromatic carbocycles. The minimum atomic E-state index is -0.289. The van der Waals surface area contributed by atoms with Crippen molar-refractivity contribution >= 4 is 23.4 Å². The zero-order chi connectivity index (χ0) is 19.4. The molecule has 3 rings (SSSR count). The highest BCUT2D eigenvalue weighted by Crippen LogP contribution is 2.32. The van der Waals surface area contributed by atoms with E-state index in [1.54, 1.807) is 4.90 Å². The van der Waals surface area contributed by atoms with Crippen molar-refractivity contribution in [3.8, 4) is 0 Å². The lowest BCUT2D eigenvalue weighted by molar-refractivity contribution is -0.118. The number of piperidine rings is 1. The molecule has 0 aromatic heterocycles. The molecular weight excluding hydrogens is 342 g/mol. The van der Waals surface area contributed by atoms with Crippen LogP contribution in [-0.4, -0.2) is 42.3 Å². The van der Waals surface area contributed by atoms with E-state index in [4.69, 9.17) is 5.73 Å². The molecule has 1 aromatic rings. The molecule has 2 aliphatic rings. The smallest absolute Gasteiger partial charge is 0.254 e. The Morgan fingerprint density at radius 3 is 2.78 bits per heavy atom. The summed E-state index contributed by atoms with van der Waals surface area (Å²) >= 11 is 0. The predicted molar refractivity (Wildman–Crippen MR) is 104 cm³/mol. The number of likely N-dealkylation sites (tertiary alicyclic amines) is 1. The summed E-state index contributed by atoms with van der Waals surface area (Å²) in [5.41, 5.74) is 7.71. The number of hydrogen-bond donors (Lipinski definition) is 1. The van der Waals surface area contributed by atoms with Gasteiger partial charge in [0.2, 0.25) is 11.8 Å². The Balaban J connectivity index is 1.80. The molecule has 2 aliphatic heterocycles. The SMILES string of the molecule is C=CC(=O)N1CCCc2c(C(=O)N3CCCC(CCC(N)=O)C3)cccc21. The Bertz CT molecular complexity index is 759. The maximum atomic E-state index is 13.2. The van der Waals surface area contributed by atoms with Crippen molar-refractivity contribution in [3.05, 3.63) is 42.0 Å². The maximum absolute atomic E-state index is 13.2. The number of nitrogens with two attached hydrogens (primary N) is 1.